The third kappa shape index (κ3) is 4.78. The lowest BCUT2D eigenvalue weighted by molar-refractivity contribution is 0.0569. The molecule has 0 fully saturated rings. The van der Waals surface area contributed by atoms with Gasteiger partial charge in [0.2, 0.25) is 0 Å². The number of hydrogen-bond acceptors (Lipinski definition) is 2. The Balaban J connectivity index is 2.38. The van der Waals surface area contributed by atoms with E-state index in [0.717, 1.165) is 24.7 Å². The molecule has 0 bridgehead atoms. The summed E-state index contributed by atoms with van der Waals surface area (Å²) >= 11 is 0. The van der Waals surface area contributed by atoms with Gasteiger partial charge in [-0.15, -0.1) is 0 Å². The number of ether oxygens (including phenoxy) is 2. The molecule has 2 unspecified atom stereocenters. The summed E-state index contributed by atoms with van der Waals surface area (Å²) in [6, 6.07) is 8.08. The van der Waals surface area contributed by atoms with Crippen LogP contribution in [0.1, 0.15) is 45.3 Å². The highest BCUT2D eigenvalue weighted by Crippen LogP contribution is 2.20. The van der Waals surface area contributed by atoms with Gasteiger partial charge in [-0.3, -0.25) is 0 Å². The molecule has 0 aliphatic rings. The maximum absolute atomic E-state index is 5.83. The van der Waals surface area contributed by atoms with E-state index in [-0.39, 0.29) is 6.10 Å². The first-order chi connectivity index (χ1) is 8.17. The maximum atomic E-state index is 5.83. The predicted molar refractivity (Wildman–Crippen MR) is 71.4 cm³/mol. The Kier molecular flexibility index (Phi) is 6.06. The van der Waals surface area contributed by atoms with E-state index in [9.17, 15) is 0 Å². The van der Waals surface area contributed by atoms with Crippen molar-refractivity contribution in [2.45, 2.75) is 39.7 Å². The Morgan fingerprint density at radius 3 is 2.29 bits per heavy atom. The van der Waals surface area contributed by atoms with Crippen LogP contribution < -0.4 is 4.74 Å². The fourth-order valence-electron chi connectivity index (χ4n) is 1.62. The van der Waals surface area contributed by atoms with E-state index in [1.807, 2.05) is 12.1 Å². The second-order valence-corrected chi connectivity index (χ2v) is 4.59. The van der Waals surface area contributed by atoms with Gasteiger partial charge in [-0.05, 0) is 37.0 Å². The van der Waals surface area contributed by atoms with Crippen LogP contribution in [-0.4, -0.2) is 13.7 Å². The fourth-order valence-corrected chi connectivity index (χ4v) is 1.62. The van der Waals surface area contributed by atoms with Gasteiger partial charge in [0.25, 0.3) is 0 Å². The zero-order valence-corrected chi connectivity index (χ0v) is 11.4. The molecule has 1 aromatic carbocycles. The molecule has 0 saturated heterocycles. The van der Waals surface area contributed by atoms with Crippen molar-refractivity contribution < 1.29 is 9.47 Å². The van der Waals surface area contributed by atoms with Crippen LogP contribution >= 0.6 is 0 Å². The monoisotopic (exact) mass is 236 g/mol. The SMILES string of the molecule is CCC(C)CCOC(C)c1ccc(OC)cc1. The number of rotatable bonds is 7. The highest BCUT2D eigenvalue weighted by atomic mass is 16.5. The number of hydrogen-bond donors (Lipinski definition) is 0. The van der Waals surface area contributed by atoms with Gasteiger partial charge in [-0.1, -0.05) is 32.4 Å². The first-order valence-electron chi connectivity index (χ1n) is 6.43. The average Bonchev–Trinajstić information content (AvgIpc) is 2.38. The summed E-state index contributed by atoms with van der Waals surface area (Å²) < 4.78 is 11.0. The molecule has 0 radical (unpaired) electrons. The molecule has 96 valence electrons. The molecule has 0 spiro atoms. The van der Waals surface area contributed by atoms with Crippen molar-refractivity contribution in [1.82, 2.24) is 0 Å². The molecule has 0 N–H and O–H groups in total. The summed E-state index contributed by atoms with van der Waals surface area (Å²) in [4.78, 5) is 0. The van der Waals surface area contributed by atoms with E-state index in [1.54, 1.807) is 7.11 Å². The van der Waals surface area contributed by atoms with Crippen LogP contribution in [0.15, 0.2) is 24.3 Å². The van der Waals surface area contributed by atoms with Crippen LogP contribution in [0.5, 0.6) is 5.75 Å². The summed E-state index contributed by atoms with van der Waals surface area (Å²) in [5.74, 6) is 1.64. The Morgan fingerprint density at radius 1 is 1.12 bits per heavy atom. The highest BCUT2D eigenvalue weighted by Gasteiger charge is 2.06. The largest absolute Gasteiger partial charge is 0.497 e. The fraction of sp³-hybridized carbons (Fsp3) is 0.600. The smallest absolute Gasteiger partial charge is 0.118 e. The lowest BCUT2D eigenvalue weighted by Gasteiger charge is -2.15. The minimum atomic E-state index is 0.157. The van der Waals surface area contributed by atoms with Crippen molar-refractivity contribution in [3.05, 3.63) is 29.8 Å². The molecule has 0 saturated carbocycles. The van der Waals surface area contributed by atoms with Crippen LogP contribution in [-0.2, 0) is 4.74 Å². The Bertz CT molecular complexity index is 305. The van der Waals surface area contributed by atoms with Gasteiger partial charge in [-0.2, -0.15) is 0 Å². The van der Waals surface area contributed by atoms with Crippen LogP contribution in [0.4, 0.5) is 0 Å². The van der Waals surface area contributed by atoms with E-state index in [0.29, 0.717) is 0 Å². The maximum Gasteiger partial charge on any atom is 0.118 e. The van der Waals surface area contributed by atoms with Gasteiger partial charge in [0.15, 0.2) is 0 Å². The van der Waals surface area contributed by atoms with Crippen molar-refractivity contribution in [1.29, 1.82) is 0 Å². The molecule has 2 atom stereocenters. The molecule has 0 aliphatic carbocycles. The molecule has 17 heavy (non-hydrogen) atoms. The minimum absolute atomic E-state index is 0.157. The zero-order chi connectivity index (χ0) is 12.7. The Hall–Kier alpha value is -1.02. The van der Waals surface area contributed by atoms with Crippen LogP contribution in [0.25, 0.3) is 0 Å². The van der Waals surface area contributed by atoms with Crippen molar-refractivity contribution in [3.63, 3.8) is 0 Å². The van der Waals surface area contributed by atoms with Crippen molar-refractivity contribution in [2.24, 2.45) is 5.92 Å². The molecule has 0 aromatic heterocycles. The Labute approximate surface area is 105 Å². The van der Waals surface area contributed by atoms with Gasteiger partial charge >= 0.3 is 0 Å². The third-order valence-corrected chi connectivity index (χ3v) is 3.26. The second kappa shape index (κ2) is 7.33. The van der Waals surface area contributed by atoms with Gasteiger partial charge in [0.1, 0.15) is 5.75 Å². The summed E-state index contributed by atoms with van der Waals surface area (Å²) in [5.41, 5.74) is 1.20. The van der Waals surface area contributed by atoms with Crippen molar-refractivity contribution in [3.8, 4) is 5.75 Å². The van der Waals surface area contributed by atoms with E-state index in [1.165, 1.54) is 12.0 Å². The Morgan fingerprint density at radius 2 is 1.76 bits per heavy atom. The average molecular weight is 236 g/mol. The summed E-state index contributed by atoms with van der Waals surface area (Å²) in [7, 11) is 1.68. The summed E-state index contributed by atoms with van der Waals surface area (Å²) in [6.45, 7) is 7.42. The topological polar surface area (TPSA) is 18.5 Å². The number of methoxy groups -OCH3 is 1. The number of benzene rings is 1. The van der Waals surface area contributed by atoms with Gasteiger partial charge in [0, 0.05) is 6.61 Å². The minimum Gasteiger partial charge on any atom is -0.497 e. The molecule has 2 heteroatoms. The van der Waals surface area contributed by atoms with Crippen molar-refractivity contribution in [2.75, 3.05) is 13.7 Å². The molecular formula is C15H24O2. The second-order valence-electron chi connectivity index (χ2n) is 4.59. The van der Waals surface area contributed by atoms with Gasteiger partial charge in [-0.25, -0.2) is 0 Å². The van der Waals surface area contributed by atoms with E-state index in [4.69, 9.17) is 9.47 Å². The predicted octanol–water partition coefficient (Wildman–Crippen LogP) is 4.21. The van der Waals surface area contributed by atoms with Crippen LogP contribution in [0, 0.1) is 5.92 Å². The van der Waals surface area contributed by atoms with E-state index >= 15 is 0 Å². The molecular weight excluding hydrogens is 212 g/mol. The van der Waals surface area contributed by atoms with E-state index < -0.39 is 0 Å². The molecule has 0 aliphatic heterocycles. The zero-order valence-electron chi connectivity index (χ0n) is 11.4. The molecule has 1 aromatic rings. The van der Waals surface area contributed by atoms with Gasteiger partial charge < -0.3 is 9.47 Å². The standard InChI is InChI=1S/C15H24O2/c1-5-12(2)10-11-17-13(3)14-6-8-15(16-4)9-7-14/h6-9,12-13H,5,10-11H2,1-4H3. The summed E-state index contributed by atoms with van der Waals surface area (Å²) in [5, 5.41) is 0. The quantitative estimate of drug-likeness (QED) is 0.706. The first kappa shape index (κ1) is 14.0. The first-order valence-corrected chi connectivity index (χ1v) is 6.43. The lowest BCUT2D eigenvalue weighted by atomic mass is 10.1. The summed E-state index contributed by atoms with van der Waals surface area (Å²) in [6.07, 6.45) is 2.52. The molecule has 2 nitrogen and oxygen atoms in total. The van der Waals surface area contributed by atoms with Crippen LogP contribution in [0.2, 0.25) is 0 Å². The third-order valence-electron chi connectivity index (χ3n) is 3.26. The van der Waals surface area contributed by atoms with Gasteiger partial charge in [0.05, 0.1) is 13.2 Å². The molecule has 0 amide bonds. The highest BCUT2D eigenvalue weighted by molar-refractivity contribution is 5.28. The van der Waals surface area contributed by atoms with Crippen LogP contribution in [0.3, 0.4) is 0 Å². The van der Waals surface area contributed by atoms with E-state index in [2.05, 4.69) is 32.9 Å². The molecule has 1 rings (SSSR count). The molecule has 0 heterocycles. The normalized spacial score (nSPS) is 14.4. The lowest BCUT2D eigenvalue weighted by Crippen LogP contribution is -2.05. The van der Waals surface area contributed by atoms with Crippen molar-refractivity contribution >= 4 is 0 Å².